The maximum atomic E-state index is 13.1. The predicted octanol–water partition coefficient (Wildman–Crippen LogP) is 4.76. The number of halogens is 2. The summed E-state index contributed by atoms with van der Waals surface area (Å²) < 4.78 is 29.0. The van der Waals surface area contributed by atoms with Crippen molar-refractivity contribution in [2.24, 2.45) is 0 Å². The molecule has 4 rings (SSSR count). The Morgan fingerprint density at radius 2 is 1.82 bits per heavy atom. The van der Waals surface area contributed by atoms with E-state index in [-0.39, 0.29) is 23.8 Å². The lowest BCUT2D eigenvalue weighted by Crippen LogP contribution is -2.26. The highest BCUT2D eigenvalue weighted by molar-refractivity contribution is 7.20. The molecule has 0 aliphatic carbocycles. The number of aryl methyl sites for hydroxylation is 1. The zero-order valence-corrected chi connectivity index (χ0v) is 18.8. The van der Waals surface area contributed by atoms with E-state index in [2.05, 4.69) is 14.7 Å². The Bertz CT molecular complexity index is 1340. The number of thiophene rings is 1. The summed E-state index contributed by atoms with van der Waals surface area (Å²) in [6, 6.07) is 15.8. The van der Waals surface area contributed by atoms with Gasteiger partial charge in [0.2, 0.25) is 0 Å². The first-order valence-corrected chi connectivity index (χ1v) is 11.0. The zero-order chi connectivity index (χ0) is 23.5. The molecule has 0 saturated carbocycles. The number of carbonyl (C=O) groups excluding carboxylic acids is 1. The van der Waals surface area contributed by atoms with Crippen LogP contribution in [0.15, 0.2) is 59.4 Å². The SMILES string of the molecule is Cc1c(C(=O)N(C)Cc2ccc(OC(F)F)cc2)sc2nc(Cc3ccccc3)[nH]c(=O)c12. The van der Waals surface area contributed by atoms with Crippen LogP contribution in [0.25, 0.3) is 10.2 Å². The second-order valence-electron chi connectivity index (χ2n) is 7.60. The van der Waals surface area contributed by atoms with E-state index >= 15 is 0 Å². The first-order valence-electron chi connectivity index (χ1n) is 10.2. The quantitative estimate of drug-likeness (QED) is 0.424. The summed E-state index contributed by atoms with van der Waals surface area (Å²) in [5.41, 5.74) is 2.10. The highest BCUT2D eigenvalue weighted by atomic mass is 32.1. The minimum atomic E-state index is -2.89. The van der Waals surface area contributed by atoms with Crippen molar-refractivity contribution in [1.29, 1.82) is 0 Å². The third-order valence-electron chi connectivity index (χ3n) is 5.17. The molecule has 0 bridgehead atoms. The lowest BCUT2D eigenvalue weighted by Gasteiger charge is -2.17. The molecule has 4 aromatic rings. The molecular formula is C24H21F2N3O3S. The van der Waals surface area contributed by atoms with Crippen LogP contribution in [0.5, 0.6) is 5.75 Å². The van der Waals surface area contributed by atoms with E-state index in [4.69, 9.17) is 0 Å². The fourth-order valence-corrected chi connectivity index (χ4v) is 4.76. The van der Waals surface area contributed by atoms with Gasteiger partial charge >= 0.3 is 6.61 Å². The number of nitrogens with one attached hydrogen (secondary N) is 1. The number of hydrogen-bond donors (Lipinski definition) is 1. The van der Waals surface area contributed by atoms with Crippen LogP contribution in [0.1, 0.15) is 32.2 Å². The summed E-state index contributed by atoms with van der Waals surface area (Å²) in [5.74, 6) is 0.352. The number of ether oxygens (including phenoxy) is 1. The van der Waals surface area contributed by atoms with Crippen molar-refractivity contribution in [1.82, 2.24) is 14.9 Å². The van der Waals surface area contributed by atoms with Gasteiger partial charge in [0.05, 0.1) is 10.3 Å². The van der Waals surface area contributed by atoms with Crippen LogP contribution >= 0.6 is 11.3 Å². The summed E-state index contributed by atoms with van der Waals surface area (Å²) in [6.07, 6.45) is 0.484. The Hall–Kier alpha value is -3.59. The normalized spacial score (nSPS) is 11.2. The smallest absolute Gasteiger partial charge is 0.387 e. The van der Waals surface area contributed by atoms with Gasteiger partial charge in [-0.05, 0) is 35.7 Å². The lowest BCUT2D eigenvalue weighted by molar-refractivity contribution is -0.0498. The molecule has 9 heteroatoms. The van der Waals surface area contributed by atoms with Crippen molar-refractivity contribution in [3.63, 3.8) is 0 Å². The lowest BCUT2D eigenvalue weighted by atomic mass is 10.1. The molecule has 0 radical (unpaired) electrons. The van der Waals surface area contributed by atoms with Crippen LogP contribution in [-0.4, -0.2) is 34.4 Å². The van der Waals surface area contributed by atoms with Crippen molar-refractivity contribution in [2.75, 3.05) is 7.05 Å². The predicted molar refractivity (Wildman–Crippen MR) is 123 cm³/mol. The minimum absolute atomic E-state index is 0.0553. The van der Waals surface area contributed by atoms with Crippen LogP contribution in [0.2, 0.25) is 0 Å². The first-order chi connectivity index (χ1) is 15.8. The van der Waals surface area contributed by atoms with Crippen LogP contribution in [0.4, 0.5) is 8.78 Å². The zero-order valence-electron chi connectivity index (χ0n) is 18.0. The minimum Gasteiger partial charge on any atom is -0.435 e. The number of alkyl halides is 2. The fraction of sp³-hybridized carbons (Fsp3) is 0.208. The maximum Gasteiger partial charge on any atom is 0.387 e. The van der Waals surface area contributed by atoms with E-state index in [1.807, 2.05) is 30.3 Å². The number of amides is 1. The topological polar surface area (TPSA) is 75.3 Å². The van der Waals surface area contributed by atoms with Gasteiger partial charge in [0.15, 0.2) is 0 Å². The number of H-pyrrole nitrogens is 1. The Morgan fingerprint density at radius 3 is 2.48 bits per heavy atom. The largest absolute Gasteiger partial charge is 0.435 e. The number of fused-ring (bicyclic) bond motifs is 1. The molecule has 2 aromatic heterocycles. The molecule has 2 aromatic carbocycles. The van der Waals surface area contributed by atoms with Gasteiger partial charge in [-0.1, -0.05) is 42.5 Å². The molecule has 33 heavy (non-hydrogen) atoms. The van der Waals surface area contributed by atoms with Crippen molar-refractivity contribution in [3.05, 3.63) is 92.3 Å². The molecule has 0 spiro atoms. The van der Waals surface area contributed by atoms with Crippen LogP contribution < -0.4 is 10.3 Å². The number of carbonyl (C=O) groups is 1. The highest BCUT2D eigenvalue weighted by Crippen LogP contribution is 2.28. The third-order valence-corrected chi connectivity index (χ3v) is 6.35. The molecule has 1 amide bonds. The van der Waals surface area contributed by atoms with Gasteiger partial charge in [0.1, 0.15) is 16.4 Å². The van der Waals surface area contributed by atoms with Crippen molar-refractivity contribution >= 4 is 27.5 Å². The number of nitrogens with zero attached hydrogens (tertiary/aromatic N) is 2. The van der Waals surface area contributed by atoms with Crippen LogP contribution in [0, 0.1) is 6.92 Å². The highest BCUT2D eigenvalue weighted by Gasteiger charge is 2.22. The van der Waals surface area contributed by atoms with Gasteiger partial charge in [0, 0.05) is 20.0 Å². The Kier molecular flexibility index (Phi) is 6.50. The van der Waals surface area contributed by atoms with E-state index in [1.54, 1.807) is 26.1 Å². The van der Waals surface area contributed by atoms with Crippen LogP contribution in [0.3, 0.4) is 0 Å². The first kappa shape index (κ1) is 22.6. The molecular weight excluding hydrogens is 448 g/mol. The van der Waals surface area contributed by atoms with E-state index in [9.17, 15) is 18.4 Å². The summed E-state index contributed by atoms with van der Waals surface area (Å²) in [6.45, 7) is -0.879. The third kappa shape index (κ3) is 5.09. The molecule has 0 fully saturated rings. The number of benzene rings is 2. The van der Waals surface area contributed by atoms with E-state index < -0.39 is 6.61 Å². The summed E-state index contributed by atoms with van der Waals surface area (Å²) >= 11 is 1.19. The van der Waals surface area contributed by atoms with Gasteiger partial charge in [-0.3, -0.25) is 9.59 Å². The maximum absolute atomic E-state index is 13.1. The molecule has 0 unspecified atom stereocenters. The van der Waals surface area contributed by atoms with Crippen molar-refractivity contribution in [3.8, 4) is 5.75 Å². The summed E-state index contributed by atoms with van der Waals surface area (Å²) in [5, 5.41) is 0.419. The van der Waals surface area contributed by atoms with Gasteiger partial charge in [-0.15, -0.1) is 11.3 Å². The molecule has 2 heterocycles. The molecule has 0 aliphatic rings. The average Bonchev–Trinajstić information content (AvgIpc) is 3.11. The van der Waals surface area contributed by atoms with E-state index in [0.717, 1.165) is 11.1 Å². The molecule has 170 valence electrons. The van der Waals surface area contributed by atoms with Crippen LogP contribution in [-0.2, 0) is 13.0 Å². The molecule has 0 atom stereocenters. The fourth-order valence-electron chi connectivity index (χ4n) is 3.56. The summed E-state index contributed by atoms with van der Waals surface area (Å²) in [7, 11) is 1.65. The van der Waals surface area contributed by atoms with Gasteiger partial charge in [0.25, 0.3) is 11.5 Å². The Morgan fingerprint density at radius 1 is 1.12 bits per heavy atom. The molecule has 1 N–H and O–H groups in total. The van der Waals surface area contributed by atoms with E-state index in [1.165, 1.54) is 28.4 Å². The summed E-state index contributed by atoms with van der Waals surface area (Å²) in [4.78, 5) is 35.7. The standard InChI is InChI=1S/C24H21F2N3O3S/c1-14-19-21(30)27-18(12-15-6-4-3-5-7-15)28-22(19)33-20(14)23(31)29(2)13-16-8-10-17(11-9-16)32-24(25)26/h3-11,24H,12-13H2,1-2H3,(H,27,28,30). The van der Waals surface area contributed by atoms with Gasteiger partial charge in [-0.2, -0.15) is 8.78 Å². The second-order valence-corrected chi connectivity index (χ2v) is 8.59. The second kappa shape index (κ2) is 9.50. The number of aromatic nitrogens is 2. The number of aromatic amines is 1. The van der Waals surface area contributed by atoms with Crippen molar-refractivity contribution in [2.45, 2.75) is 26.5 Å². The molecule has 0 aliphatic heterocycles. The molecule has 6 nitrogen and oxygen atoms in total. The van der Waals surface area contributed by atoms with Crippen molar-refractivity contribution < 1.29 is 18.3 Å². The average molecular weight is 470 g/mol. The Balaban J connectivity index is 1.55. The monoisotopic (exact) mass is 469 g/mol. The van der Waals surface area contributed by atoms with Gasteiger partial charge < -0.3 is 14.6 Å². The van der Waals surface area contributed by atoms with E-state index in [0.29, 0.717) is 32.9 Å². The van der Waals surface area contributed by atoms with Gasteiger partial charge in [-0.25, -0.2) is 4.98 Å². The number of hydrogen-bond acceptors (Lipinski definition) is 5. The number of rotatable bonds is 7. The Labute approximate surface area is 192 Å². The molecule has 0 saturated heterocycles.